The van der Waals surface area contributed by atoms with Crippen LogP contribution in [-0.2, 0) is 18.4 Å². The molecule has 1 aromatic carbocycles. The van der Waals surface area contributed by atoms with Crippen LogP contribution in [0.25, 0.3) is 0 Å². The first kappa shape index (κ1) is 20.4. The van der Waals surface area contributed by atoms with E-state index in [0.29, 0.717) is 17.3 Å². The third kappa shape index (κ3) is 5.12. The standard InChI is InChI=1S/C22H26N4OS/c1-3-4-5-9-18-14-25-19(15-24-18)20(27)13-16-7-6-8-17(12-16)22(2)10-11-28-21(23)26-22/h6-8,12,14-15,20,27H,5,9-11,13H2,1-2H3,(H2,23,26)/t20?,22-/m0/s1. The molecule has 0 saturated heterocycles. The van der Waals surface area contributed by atoms with E-state index in [9.17, 15) is 5.11 Å². The van der Waals surface area contributed by atoms with Gasteiger partial charge in [-0.2, -0.15) is 0 Å². The van der Waals surface area contributed by atoms with E-state index in [0.717, 1.165) is 41.8 Å². The molecule has 0 aliphatic carbocycles. The van der Waals surface area contributed by atoms with Crippen LogP contribution in [0.2, 0.25) is 0 Å². The lowest BCUT2D eigenvalue weighted by molar-refractivity contribution is 0.173. The number of benzene rings is 1. The number of aliphatic hydroxyl groups is 1. The number of aromatic nitrogens is 2. The Morgan fingerprint density at radius 1 is 1.32 bits per heavy atom. The van der Waals surface area contributed by atoms with E-state index >= 15 is 0 Å². The average Bonchev–Trinajstić information content (AvgIpc) is 2.69. The van der Waals surface area contributed by atoms with Gasteiger partial charge in [-0.15, -0.1) is 11.8 Å². The molecule has 1 aliphatic heterocycles. The van der Waals surface area contributed by atoms with Gasteiger partial charge in [0.25, 0.3) is 0 Å². The van der Waals surface area contributed by atoms with Crippen molar-refractivity contribution in [3.8, 4) is 11.8 Å². The molecule has 2 atom stereocenters. The van der Waals surface area contributed by atoms with Crippen LogP contribution in [-0.4, -0.2) is 26.0 Å². The number of hydrogen-bond donors (Lipinski definition) is 2. The lowest BCUT2D eigenvalue weighted by Crippen LogP contribution is -2.28. The number of thioether (sulfide) groups is 1. The minimum Gasteiger partial charge on any atom is -0.386 e. The van der Waals surface area contributed by atoms with Crippen LogP contribution in [0.4, 0.5) is 0 Å². The number of hydrogen-bond acceptors (Lipinski definition) is 6. The maximum atomic E-state index is 10.6. The van der Waals surface area contributed by atoms with E-state index in [-0.39, 0.29) is 5.54 Å². The molecule has 28 heavy (non-hydrogen) atoms. The van der Waals surface area contributed by atoms with E-state index in [1.165, 1.54) is 0 Å². The highest BCUT2D eigenvalue weighted by Crippen LogP contribution is 2.35. The van der Waals surface area contributed by atoms with Gasteiger partial charge in [-0.1, -0.05) is 36.0 Å². The van der Waals surface area contributed by atoms with Gasteiger partial charge < -0.3 is 10.8 Å². The molecule has 3 N–H and O–H groups in total. The van der Waals surface area contributed by atoms with Gasteiger partial charge in [-0.05, 0) is 31.4 Å². The molecule has 2 heterocycles. The number of rotatable bonds is 6. The highest BCUT2D eigenvalue weighted by atomic mass is 32.2. The van der Waals surface area contributed by atoms with E-state index in [4.69, 9.17) is 5.73 Å². The van der Waals surface area contributed by atoms with Gasteiger partial charge in [-0.3, -0.25) is 15.0 Å². The molecule has 0 spiro atoms. The predicted molar refractivity (Wildman–Crippen MR) is 115 cm³/mol. The second kappa shape index (κ2) is 9.22. The third-order valence-electron chi connectivity index (χ3n) is 4.92. The zero-order valence-electron chi connectivity index (χ0n) is 16.4. The summed E-state index contributed by atoms with van der Waals surface area (Å²) in [4.78, 5) is 13.5. The quantitative estimate of drug-likeness (QED) is 0.734. The first-order valence-electron chi connectivity index (χ1n) is 9.46. The second-order valence-corrected chi connectivity index (χ2v) is 8.22. The molecule has 2 aromatic rings. The number of amidine groups is 1. The number of aliphatic imine (C=N–C) groups is 1. The Kier molecular flexibility index (Phi) is 6.71. The summed E-state index contributed by atoms with van der Waals surface area (Å²) >= 11 is 1.60. The van der Waals surface area contributed by atoms with Crippen molar-refractivity contribution in [2.24, 2.45) is 10.7 Å². The van der Waals surface area contributed by atoms with E-state index in [1.807, 2.05) is 19.1 Å². The van der Waals surface area contributed by atoms with Crippen LogP contribution in [0.5, 0.6) is 0 Å². The number of aliphatic hydroxyl groups excluding tert-OH is 1. The van der Waals surface area contributed by atoms with Crippen molar-refractivity contribution in [2.75, 3.05) is 5.75 Å². The fourth-order valence-electron chi connectivity index (χ4n) is 3.24. The molecule has 6 heteroatoms. The van der Waals surface area contributed by atoms with Gasteiger partial charge >= 0.3 is 0 Å². The van der Waals surface area contributed by atoms with E-state index < -0.39 is 6.10 Å². The molecule has 0 bridgehead atoms. The second-order valence-electron chi connectivity index (χ2n) is 7.10. The lowest BCUT2D eigenvalue weighted by atomic mass is 9.88. The molecular weight excluding hydrogens is 368 g/mol. The molecule has 1 aliphatic rings. The molecule has 0 saturated carbocycles. The Bertz CT molecular complexity index is 901. The number of nitrogens with two attached hydrogens (primary N) is 1. The molecule has 0 fully saturated rings. The van der Waals surface area contributed by atoms with Crippen molar-refractivity contribution in [3.63, 3.8) is 0 Å². The van der Waals surface area contributed by atoms with Crippen LogP contribution in [0, 0.1) is 11.8 Å². The first-order valence-corrected chi connectivity index (χ1v) is 10.4. The molecule has 0 radical (unpaired) electrons. The van der Waals surface area contributed by atoms with Gasteiger partial charge in [-0.25, -0.2) is 0 Å². The minimum atomic E-state index is -0.699. The summed E-state index contributed by atoms with van der Waals surface area (Å²) in [5, 5.41) is 11.2. The van der Waals surface area contributed by atoms with Crippen molar-refractivity contribution in [2.45, 2.75) is 51.2 Å². The van der Waals surface area contributed by atoms with Crippen molar-refractivity contribution >= 4 is 16.9 Å². The van der Waals surface area contributed by atoms with Gasteiger partial charge in [0.15, 0.2) is 5.17 Å². The molecule has 146 valence electrons. The molecule has 1 aromatic heterocycles. The van der Waals surface area contributed by atoms with Crippen molar-refractivity contribution in [1.82, 2.24) is 9.97 Å². The summed E-state index contributed by atoms with van der Waals surface area (Å²) in [5.74, 6) is 6.86. The summed E-state index contributed by atoms with van der Waals surface area (Å²) in [6.45, 7) is 3.94. The Hall–Kier alpha value is -2.36. The van der Waals surface area contributed by atoms with Crippen LogP contribution in [0.1, 0.15) is 55.3 Å². The smallest absolute Gasteiger partial charge is 0.154 e. The Morgan fingerprint density at radius 3 is 2.89 bits per heavy atom. The third-order valence-corrected chi connectivity index (χ3v) is 5.72. The monoisotopic (exact) mass is 394 g/mol. The molecule has 5 nitrogen and oxygen atoms in total. The van der Waals surface area contributed by atoms with Gasteiger partial charge in [0.05, 0.1) is 23.1 Å². The molecule has 0 amide bonds. The maximum Gasteiger partial charge on any atom is 0.154 e. The Morgan fingerprint density at radius 2 is 2.18 bits per heavy atom. The molecular formula is C22H26N4OS. The fourth-order valence-corrected chi connectivity index (χ4v) is 4.21. The topological polar surface area (TPSA) is 84.4 Å². The van der Waals surface area contributed by atoms with Crippen LogP contribution >= 0.6 is 11.8 Å². The van der Waals surface area contributed by atoms with Crippen LogP contribution in [0.15, 0.2) is 41.7 Å². The average molecular weight is 395 g/mol. The summed E-state index contributed by atoms with van der Waals surface area (Å²) < 4.78 is 0. The van der Waals surface area contributed by atoms with Gasteiger partial charge in [0.2, 0.25) is 0 Å². The largest absolute Gasteiger partial charge is 0.386 e. The van der Waals surface area contributed by atoms with E-state index in [1.54, 1.807) is 24.2 Å². The number of nitrogens with zero attached hydrogens (tertiary/aromatic N) is 3. The summed E-state index contributed by atoms with van der Waals surface area (Å²) in [6.07, 6.45) is 5.65. The molecule has 1 unspecified atom stereocenters. The Balaban J connectivity index is 1.69. The summed E-state index contributed by atoms with van der Waals surface area (Å²) in [6, 6.07) is 8.23. The predicted octanol–water partition coefficient (Wildman–Crippen LogP) is 3.38. The van der Waals surface area contributed by atoms with Crippen molar-refractivity contribution in [3.05, 3.63) is 59.2 Å². The Labute approximate surface area is 170 Å². The first-order chi connectivity index (χ1) is 13.5. The lowest BCUT2D eigenvalue weighted by Gasteiger charge is -2.30. The van der Waals surface area contributed by atoms with Crippen LogP contribution < -0.4 is 5.73 Å². The van der Waals surface area contributed by atoms with Gasteiger partial charge in [0.1, 0.15) is 6.10 Å². The van der Waals surface area contributed by atoms with Crippen molar-refractivity contribution in [1.29, 1.82) is 0 Å². The van der Waals surface area contributed by atoms with Crippen LogP contribution in [0.3, 0.4) is 0 Å². The fraction of sp³-hybridized carbons (Fsp3) is 0.409. The maximum absolute atomic E-state index is 10.6. The van der Waals surface area contributed by atoms with E-state index in [2.05, 4.69) is 45.9 Å². The van der Waals surface area contributed by atoms with Gasteiger partial charge in [0, 0.05) is 31.2 Å². The highest BCUT2D eigenvalue weighted by molar-refractivity contribution is 8.13. The van der Waals surface area contributed by atoms with Crippen molar-refractivity contribution < 1.29 is 5.11 Å². The zero-order chi connectivity index (χ0) is 20.0. The zero-order valence-corrected chi connectivity index (χ0v) is 17.2. The summed E-state index contributed by atoms with van der Waals surface area (Å²) in [5.41, 5.74) is 9.27. The number of aryl methyl sites for hydroxylation is 1. The highest BCUT2D eigenvalue weighted by Gasteiger charge is 2.29. The summed E-state index contributed by atoms with van der Waals surface area (Å²) in [7, 11) is 0. The minimum absolute atomic E-state index is 0.306. The SMILES string of the molecule is CC#CCCc1cnc(C(O)Cc2cccc([C@]3(C)CCSC(N)=N3)c2)cn1. The normalized spacial score (nSPS) is 20.0. The molecule has 3 rings (SSSR count).